The highest BCUT2D eigenvalue weighted by Crippen LogP contribution is 2.36. The number of aromatic amines is 1. The number of rotatable bonds is 7. The van der Waals surface area contributed by atoms with Gasteiger partial charge in [-0.1, -0.05) is 5.16 Å². The molecule has 1 fully saturated rings. The van der Waals surface area contributed by atoms with Crippen molar-refractivity contribution < 1.29 is 32.0 Å². The van der Waals surface area contributed by atoms with Crippen LogP contribution in [0.4, 0.5) is 23.8 Å². The van der Waals surface area contributed by atoms with Crippen LogP contribution in [-0.4, -0.2) is 57.6 Å². The van der Waals surface area contributed by atoms with E-state index in [1.807, 2.05) is 0 Å². The number of H-pyrrole nitrogens is 1. The molecule has 0 bridgehead atoms. The molecular formula is C19H24F3N5O4. The number of aromatic nitrogens is 3. The number of alkyl halides is 3. The molecule has 170 valence electrons. The van der Waals surface area contributed by atoms with Gasteiger partial charge in [-0.3, -0.25) is 9.89 Å². The van der Waals surface area contributed by atoms with Crippen molar-refractivity contribution in [2.24, 2.45) is 0 Å². The molecule has 2 aromatic heterocycles. The fourth-order valence-corrected chi connectivity index (χ4v) is 3.50. The van der Waals surface area contributed by atoms with Gasteiger partial charge in [0.2, 0.25) is 5.91 Å². The first-order valence-corrected chi connectivity index (χ1v) is 9.85. The highest BCUT2D eigenvalue weighted by molar-refractivity contribution is 5.91. The van der Waals surface area contributed by atoms with Gasteiger partial charge in [-0.25, -0.2) is 4.79 Å². The van der Waals surface area contributed by atoms with Gasteiger partial charge >= 0.3 is 12.3 Å². The first-order chi connectivity index (χ1) is 14.6. The van der Waals surface area contributed by atoms with Crippen LogP contribution in [0.25, 0.3) is 0 Å². The molecule has 0 radical (unpaired) electrons. The van der Waals surface area contributed by atoms with Crippen LogP contribution in [0.2, 0.25) is 0 Å². The zero-order chi connectivity index (χ0) is 22.6. The van der Waals surface area contributed by atoms with E-state index in [-0.39, 0.29) is 18.2 Å². The summed E-state index contributed by atoms with van der Waals surface area (Å²) in [5, 5.41) is 13.1. The third-order valence-electron chi connectivity index (χ3n) is 5.26. The van der Waals surface area contributed by atoms with E-state index in [4.69, 9.17) is 9.26 Å². The Kier molecular flexibility index (Phi) is 6.86. The number of hydrogen-bond donors (Lipinski definition) is 2. The minimum atomic E-state index is -4.35. The zero-order valence-corrected chi connectivity index (χ0v) is 17.1. The summed E-state index contributed by atoms with van der Waals surface area (Å²) in [6, 6.07) is 2.29. The van der Waals surface area contributed by atoms with Crippen LogP contribution in [0, 0.1) is 0 Å². The largest absolute Gasteiger partial charge is 0.446 e. The highest BCUT2D eigenvalue weighted by Gasteiger charge is 2.35. The minimum absolute atomic E-state index is 0.0307. The lowest BCUT2D eigenvalue weighted by atomic mass is 10.0. The number of anilines is 1. The molecule has 12 heteroatoms. The average Bonchev–Trinajstić information content (AvgIpc) is 3.41. The van der Waals surface area contributed by atoms with Crippen LogP contribution < -0.4 is 5.32 Å². The Morgan fingerprint density at radius 2 is 2.19 bits per heavy atom. The van der Waals surface area contributed by atoms with E-state index in [0.717, 1.165) is 10.6 Å². The topological polar surface area (TPSA) is 113 Å². The molecular weight excluding hydrogens is 419 g/mol. The summed E-state index contributed by atoms with van der Waals surface area (Å²) in [5.41, 5.74) is 0.785. The Hall–Kier alpha value is -3.05. The van der Waals surface area contributed by atoms with E-state index in [1.54, 1.807) is 12.1 Å². The van der Waals surface area contributed by atoms with Crippen molar-refractivity contribution in [2.45, 2.75) is 63.3 Å². The predicted octanol–water partition coefficient (Wildman–Crippen LogP) is 3.62. The van der Waals surface area contributed by atoms with Crippen LogP contribution in [0.1, 0.15) is 50.0 Å². The fourth-order valence-electron chi connectivity index (χ4n) is 3.50. The van der Waals surface area contributed by atoms with Gasteiger partial charge in [0.15, 0.2) is 5.82 Å². The fraction of sp³-hybridized carbons (Fsp3) is 0.579. The number of nitrogens with one attached hydrogen (secondary N) is 2. The van der Waals surface area contributed by atoms with Gasteiger partial charge in [0.25, 0.3) is 0 Å². The second-order valence-corrected chi connectivity index (χ2v) is 7.71. The molecule has 0 aliphatic heterocycles. The van der Waals surface area contributed by atoms with Crippen molar-refractivity contribution in [1.82, 2.24) is 20.3 Å². The van der Waals surface area contributed by atoms with Gasteiger partial charge in [-0.05, 0) is 26.2 Å². The second-order valence-electron chi connectivity index (χ2n) is 7.71. The van der Waals surface area contributed by atoms with Gasteiger partial charge < -0.3 is 19.5 Å². The Morgan fingerprint density at radius 3 is 2.87 bits per heavy atom. The molecule has 3 atom stereocenters. The van der Waals surface area contributed by atoms with E-state index >= 15 is 0 Å². The summed E-state index contributed by atoms with van der Waals surface area (Å²) in [4.78, 5) is 25.2. The molecule has 1 aliphatic carbocycles. The van der Waals surface area contributed by atoms with Crippen molar-refractivity contribution in [3.63, 3.8) is 0 Å². The lowest BCUT2D eigenvalue weighted by Crippen LogP contribution is -2.39. The SMILES string of the molecule is CC(CC(F)(F)F)N(C)C(=O)O[C@@H]1CC[C@H](c2cc(NC(=O)Cc3ccno3)n[nH]2)C1. The number of nitrogens with zero attached hydrogens (tertiary/aromatic N) is 3. The first-order valence-electron chi connectivity index (χ1n) is 9.85. The summed E-state index contributed by atoms with van der Waals surface area (Å²) in [6.07, 6.45) is -3.31. The maximum Gasteiger partial charge on any atom is 0.410 e. The Labute approximate surface area is 176 Å². The zero-order valence-electron chi connectivity index (χ0n) is 17.1. The van der Waals surface area contributed by atoms with E-state index < -0.39 is 30.8 Å². The van der Waals surface area contributed by atoms with Crippen molar-refractivity contribution in [1.29, 1.82) is 0 Å². The number of ether oxygens (including phenoxy) is 1. The predicted molar refractivity (Wildman–Crippen MR) is 102 cm³/mol. The molecule has 2 N–H and O–H groups in total. The molecule has 2 heterocycles. The third-order valence-corrected chi connectivity index (χ3v) is 5.26. The molecule has 31 heavy (non-hydrogen) atoms. The van der Waals surface area contributed by atoms with Crippen molar-refractivity contribution in [2.75, 3.05) is 12.4 Å². The van der Waals surface area contributed by atoms with E-state index in [9.17, 15) is 22.8 Å². The Bertz CT molecular complexity index is 883. The molecule has 1 unspecified atom stereocenters. The molecule has 2 amide bonds. The van der Waals surface area contributed by atoms with Crippen LogP contribution in [0.3, 0.4) is 0 Å². The number of halogens is 3. The molecule has 1 aliphatic rings. The maximum atomic E-state index is 12.5. The summed E-state index contributed by atoms with van der Waals surface area (Å²) in [6.45, 7) is 1.33. The van der Waals surface area contributed by atoms with Gasteiger partial charge in [0, 0.05) is 36.8 Å². The summed E-state index contributed by atoms with van der Waals surface area (Å²) in [7, 11) is 1.30. The smallest absolute Gasteiger partial charge is 0.410 e. The van der Waals surface area contributed by atoms with Crippen LogP contribution in [0.5, 0.6) is 0 Å². The molecule has 1 saturated carbocycles. The number of carbonyl (C=O) groups is 2. The Morgan fingerprint density at radius 1 is 1.42 bits per heavy atom. The minimum Gasteiger partial charge on any atom is -0.446 e. The van der Waals surface area contributed by atoms with Gasteiger partial charge in [-0.2, -0.15) is 18.3 Å². The van der Waals surface area contributed by atoms with Gasteiger partial charge in [0.1, 0.15) is 11.9 Å². The number of hydrogen-bond acceptors (Lipinski definition) is 6. The molecule has 2 aromatic rings. The summed E-state index contributed by atoms with van der Waals surface area (Å²) >= 11 is 0. The van der Waals surface area contributed by atoms with Crippen LogP contribution >= 0.6 is 0 Å². The standard InChI is InChI=1S/C19H24F3N5O4/c1-11(10-19(20,21)22)27(2)18(29)30-13-4-3-12(7-13)15-9-16(26-25-15)24-17(28)8-14-5-6-23-31-14/h5-6,9,11-13H,3-4,7-8,10H2,1-2H3,(H2,24,25,26,28)/t11?,12-,13+/m0/s1. The molecule has 9 nitrogen and oxygen atoms in total. The summed E-state index contributed by atoms with van der Waals surface area (Å²) < 4.78 is 47.9. The quantitative estimate of drug-likeness (QED) is 0.676. The number of carbonyl (C=O) groups excluding carboxylic acids is 2. The second kappa shape index (κ2) is 9.40. The average molecular weight is 443 g/mol. The van der Waals surface area contributed by atoms with Crippen molar-refractivity contribution >= 4 is 17.8 Å². The van der Waals surface area contributed by atoms with Crippen molar-refractivity contribution in [3.8, 4) is 0 Å². The van der Waals surface area contributed by atoms with E-state index in [0.29, 0.717) is 30.8 Å². The third kappa shape index (κ3) is 6.46. The van der Waals surface area contributed by atoms with E-state index in [1.165, 1.54) is 20.2 Å². The first kappa shape index (κ1) is 22.6. The van der Waals surface area contributed by atoms with Crippen molar-refractivity contribution in [3.05, 3.63) is 29.8 Å². The van der Waals surface area contributed by atoms with Crippen LogP contribution in [0.15, 0.2) is 22.9 Å². The number of amides is 2. The molecule has 0 spiro atoms. The van der Waals surface area contributed by atoms with Gasteiger partial charge in [0.05, 0.1) is 19.0 Å². The summed E-state index contributed by atoms with van der Waals surface area (Å²) in [5.74, 6) is 0.524. The maximum absolute atomic E-state index is 12.5. The van der Waals surface area contributed by atoms with E-state index in [2.05, 4.69) is 20.7 Å². The lowest BCUT2D eigenvalue weighted by Gasteiger charge is -2.26. The molecule has 3 rings (SSSR count). The molecule has 0 saturated heterocycles. The van der Waals surface area contributed by atoms with Crippen LogP contribution in [-0.2, 0) is 16.0 Å². The lowest BCUT2D eigenvalue weighted by molar-refractivity contribution is -0.144. The monoisotopic (exact) mass is 443 g/mol. The Balaban J connectivity index is 1.47. The molecule has 0 aromatic carbocycles. The van der Waals surface area contributed by atoms with Gasteiger partial charge in [-0.15, -0.1) is 0 Å². The normalized spacial score (nSPS) is 19.8. The highest BCUT2D eigenvalue weighted by atomic mass is 19.4.